The van der Waals surface area contributed by atoms with E-state index < -0.39 is 0 Å². The molecule has 0 aliphatic carbocycles. The Morgan fingerprint density at radius 3 is 2.25 bits per heavy atom. The van der Waals surface area contributed by atoms with Crippen molar-refractivity contribution in [3.05, 3.63) is 82.9 Å². The topological polar surface area (TPSA) is 88.7 Å². The molecule has 0 aromatic heterocycles. The van der Waals surface area contributed by atoms with E-state index in [-0.39, 0.29) is 16.9 Å². The highest BCUT2D eigenvalue weighted by Crippen LogP contribution is 2.30. The fourth-order valence-corrected chi connectivity index (χ4v) is 3.43. The summed E-state index contributed by atoms with van der Waals surface area (Å²) in [4.78, 5) is 24.9. The molecule has 0 spiro atoms. The second-order valence-electron chi connectivity index (χ2n) is 6.81. The Morgan fingerprint density at radius 2 is 1.47 bits per heavy atom. The van der Waals surface area contributed by atoms with Gasteiger partial charge in [-0.15, -0.1) is 0 Å². The van der Waals surface area contributed by atoms with Crippen LogP contribution in [-0.2, 0) is 0 Å². The third-order valence-electron chi connectivity index (χ3n) is 4.50. The summed E-state index contributed by atoms with van der Waals surface area (Å²) in [5.41, 5.74) is 1.99. The molecule has 1 aliphatic heterocycles. The molecule has 3 aromatic rings. The van der Waals surface area contributed by atoms with Crippen molar-refractivity contribution >= 4 is 52.1 Å². The summed E-state index contributed by atoms with van der Waals surface area (Å²) >= 11 is 11.2. The van der Waals surface area contributed by atoms with E-state index >= 15 is 0 Å². The molecular weight excluding hydrogens is 450 g/mol. The maximum atomic E-state index is 12.5. The quantitative estimate of drug-likeness (QED) is 0.490. The number of carbonyl (C=O) groups is 2. The first-order chi connectivity index (χ1) is 15.5. The number of amides is 2. The second kappa shape index (κ2) is 9.67. The van der Waals surface area contributed by atoms with E-state index in [2.05, 4.69) is 16.0 Å². The molecule has 3 aromatic carbocycles. The van der Waals surface area contributed by atoms with E-state index in [1.54, 1.807) is 66.7 Å². The number of benzene rings is 3. The summed E-state index contributed by atoms with van der Waals surface area (Å²) in [6, 6.07) is 18.5. The summed E-state index contributed by atoms with van der Waals surface area (Å²) in [5.74, 6) is 0.445. The highest BCUT2D eigenvalue weighted by Gasteiger charge is 2.16. The van der Waals surface area contributed by atoms with Gasteiger partial charge in [0.05, 0.1) is 0 Å². The van der Waals surface area contributed by atoms with Crippen molar-refractivity contribution in [1.29, 1.82) is 0 Å². The van der Waals surface area contributed by atoms with E-state index in [1.807, 2.05) is 0 Å². The fourth-order valence-electron chi connectivity index (χ4n) is 3.03. The molecule has 9 heteroatoms. The van der Waals surface area contributed by atoms with Crippen LogP contribution in [0.2, 0.25) is 5.02 Å². The van der Waals surface area contributed by atoms with Crippen molar-refractivity contribution in [2.45, 2.75) is 0 Å². The molecular formula is C23H18ClN3O4S. The van der Waals surface area contributed by atoms with E-state index in [0.717, 1.165) is 0 Å². The standard InChI is InChI=1S/C23H18ClN3O4S/c24-16-4-1-3-14(11-16)21(28)25-17-5-2-6-18(13-17)26-23(32)27-22(29)15-7-8-19-20(12-15)31-10-9-30-19/h1-8,11-13H,9-10H2,(H,25,28)(H2,26,27,29,32). The average molecular weight is 468 g/mol. The maximum Gasteiger partial charge on any atom is 0.257 e. The monoisotopic (exact) mass is 467 g/mol. The summed E-state index contributed by atoms with van der Waals surface area (Å²) in [6.07, 6.45) is 0. The van der Waals surface area contributed by atoms with Crippen LogP contribution >= 0.6 is 23.8 Å². The minimum Gasteiger partial charge on any atom is -0.486 e. The van der Waals surface area contributed by atoms with Gasteiger partial charge in [0.1, 0.15) is 13.2 Å². The summed E-state index contributed by atoms with van der Waals surface area (Å²) in [6.45, 7) is 0.910. The van der Waals surface area contributed by atoms with Crippen LogP contribution in [-0.4, -0.2) is 30.1 Å². The summed E-state index contributed by atoms with van der Waals surface area (Å²) < 4.78 is 11.0. The zero-order chi connectivity index (χ0) is 22.5. The Labute approximate surface area is 194 Å². The molecule has 1 aliphatic rings. The predicted molar refractivity (Wildman–Crippen MR) is 127 cm³/mol. The zero-order valence-corrected chi connectivity index (χ0v) is 18.3. The van der Waals surface area contributed by atoms with Gasteiger partial charge in [-0.1, -0.05) is 23.7 Å². The number of halogens is 1. The lowest BCUT2D eigenvalue weighted by atomic mass is 10.2. The first-order valence-corrected chi connectivity index (χ1v) is 10.5. The van der Waals surface area contributed by atoms with Gasteiger partial charge in [0, 0.05) is 27.5 Å². The minimum atomic E-state index is -0.384. The van der Waals surface area contributed by atoms with Crippen molar-refractivity contribution in [3.63, 3.8) is 0 Å². The van der Waals surface area contributed by atoms with Gasteiger partial charge in [-0.25, -0.2) is 0 Å². The Kier molecular flexibility index (Phi) is 6.53. The molecule has 162 valence electrons. The highest BCUT2D eigenvalue weighted by atomic mass is 35.5. The lowest BCUT2D eigenvalue weighted by molar-refractivity contribution is 0.0975. The Balaban J connectivity index is 1.37. The summed E-state index contributed by atoms with van der Waals surface area (Å²) in [7, 11) is 0. The minimum absolute atomic E-state index is 0.114. The van der Waals surface area contributed by atoms with Crippen molar-refractivity contribution in [2.24, 2.45) is 0 Å². The number of rotatable bonds is 4. The third kappa shape index (κ3) is 5.35. The molecule has 0 atom stereocenters. The lowest BCUT2D eigenvalue weighted by Crippen LogP contribution is -2.34. The van der Waals surface area contributed by atoms with Gasteiger partial charge in [0.2, 0.25) is 0 Å². The first kappa shape index (κ1) is 21.6. The lowest BCUT2D eigenvalue weighted by Gasteiger charge is -2.18. The van der Waals surface area contributed by atoms with Crippen LogP contribution in [0.15, 0.2) is 66.7 Å². The van der Waals surface area contributed by atoms with Crippen molar-refractivity contribution in [2.75, 3.05) is 23.8 Å². The van der Waals surface area contributed by atoms with Crippen LogP contribution in [0, 0.1) is 0 Å². The van der Waals surface area contributed by atoms with E-state index in [1.165, 1.54) is 0 Å². The Bertz CT molecular complexity index is 1200. The number of ether oxygens (including phenoxy) is 2. The highest BCUT2D eigenvalue weighted by molar-refractivity contribution is 7.80. The van der Waals surface area contributed by atoms with Crippen LogP contribution in [0.3, 0.4) is 0 Å². The first-order valence-electron chi connectivity index (χ1n) is 9.67. The van der Waals surface area contributed by atoms with Crippen LogP contribution in [0.1, 0.15) is 20.7 Å². The molecule has 0 radical (unpaired) electrons. The summed E-state index contributed by atoms with van der Waals surface area (Å²) in [5, 5.41) is 8.96. The molecule has 1 heterocycles. The van der Waals surface area contributed by atoms with Gasteiger partial charge in [-0.3, -0.25) is 14.9 Å². The number of anilines is 2. The van der Waals surface area contributed by atoms with Gasteiger partial charge in [-0.2, -0.15) is 0 Å². The molecule has 2 amide bonds. The van der Waals surface area contributed by atoms with E-state index in [4.69, 9.17) is 33.3 Å². The molecule has 0 unspecified atom stereocenters. The number of nitrogens with one attached hydrogen (secondary N) is 3. The molecule has 4 rings (SSSR count). The molecule has 3 N–H and O–H groups in total. The normalized spacial score (nSPS) is 11.9. The van der Waals surface area contributed by atoms with Crippen LogP contribution in [0.4, 0.5) is 11.4 Å². The molecule has 0 fully saturated rings. The van der Waals surface area contributed by atoms with Crippen LogP contribution in [0.5, 0.6) is 11.5 Å². The molecule has 7 nitrogen and oxygen atoms in total. The SMILES string of the molecule is O=C(NC(=S)Nc1cccc(NC(=O)c2cccc(Cl)c2)c1)c1ccc2c(c1)OCCO2. The molecule has 32 heavy (non-hydrogen) atoms. The van der Waals surface area contributed by atoms with Crippen LogP contribution in [0.25, 0.3) is 0 Å². The van der Waals surface area contributed by atoms with Crippen molar-refractivity contribution < 1.29 is 19.1 Å². The molecule has 0 saturated carbocycles. The van der Waals surface area contributed by atoms with E-state index in [0.29, 0.717) is 52.2 Å². The zero-order valence-electron chi connectivity index (χ0n) is 16.7. The largest absolute Gasteiger partial charge is 0.486 e. The van der Waals surface area contributed by atoms with Gasteiger partial charge in [-0.05, 0) is 66.8 Å². The molecule has 0 bridgehead atoms. The van der Waals surface area contributed by atoms with Crippen molar-refractivity contribution in [3.8, 4) is 11.5 Å². The Morgan fingerprint density at radius 1 is 0.781 bits per heavy atom. The number of thiocarbonyl (C=S) groups is 1. The average Bonchev–Trinajstić information content (AvgIpc) is 2.79. The van der Waals surface area contributed by atoms with Gasteiger partial charge in [0.25, 0.3) is 11.8 Å². The third-order valence-corrected chi connectivity index (χ3v) is 4.94. The predicted octanol–water partition coefficient (Wildman–Crippen LogP) is 4.49. The van der Waals surface area contributed by atoms with Gasteiger partial charge in [0.15, 0.2) is 16.6 Å². The van der Waals surface area contributed by atoms with Gasteiger partial charge >= 0.3 is 0 Å². The Hall–Kier alpha value is -3.62. The van der Waals surface area contributed by atoms with Gasteiger partial charge < -0.3 is 20.1 Å². The number of fused-ring (bicyclic) bond motifs is 1. The van der Waals surface area contributed by atoms with Crippen LogP contribution < -0.4 is 25.4 Å². The smallest absolute Gasteiger partial charge is 0.257 e. The fraction of sp³-hybridized carbons (Fsp3) is 0.0870. The number of carbonyl (C=O) groups excluding carboxylic acids is 2. The second-order valence-corrected chi connectivity index (χ2v) is 7.66. The molecule has 0 saturated heterocycles. The maximum absolute atomic E-state index is 12.5. The van der Waals surface area contributed by atoms with Crippen molar-refractivity contribution in [1.82, 2.24) is 5.32 Å². The van der Waals surface area contributed by atoms with E-state index in [9.17, 15) is 9.59 Å². The number of hydrogen-bond acceptors (Lipinski definition) is 5. The number of hydrogen-bond donors (Lipinski definition) is 3.